The maximum atomic E-state index is 15.0. The van der Waals surface area contributed by atoms with Crippen LogP contribution in [0.2, 0.25) is 0 Å². The van der Waals surface area contributed by atoms with E-state index in [4.69, 9.17) is 18.9 Å². The average Bonchev–Trinajstić information content (AvgIpc) is 4.11. The van der Waals surface area contributed by atoms with Crippen LogP contribution in [0.15, 0.2) is 73.6 Å². The molecule has 2 aromatic heterocycles. The second-order valence-corrected chi connectivity index (χ2v) is 16.7. The van der Waals surface area contributed by atoms with Crippen molar-refractivity contribution < 1.29 is 55.7 Å². The number of aromatic amines is 2. The number of nitrogens with zero attached hydrogens (tertiary/aromatic N) is 4. The Morgan fingerprint density at radius 2 is 1.36 bits per heavy atom. The molecule has 5 heterocycles. The molecule has 0 radical (unpaired) electrons. The van der Waals surface area contributed by atoms with Crippen LogP contribution in [0, 0.1) is 23.7 Å². The molecule has 3 atom stereocenters. The highest BCUT2D eigenvalue weighted by Crippen LogP contribution is 2.41. The molecule has 0 aliphatic carbocycles. The van der Waals surface area contributed by atoms with Crippen LogP contribution in [0.1, 0.15) is 60.9 Å². The van der Waals surface area contributed by atoms with E-state index in [0.29, 0.717) is 86.3 Å². The lowest BCUT2D eigenvalue weighted by Crippen LogP contribution is -2.54. The third-order valence-electron chi connectivity index (χ3n) is 12.1. The van der Waals surface area contributed by atoms with Crippen molar-refractivity contribution in [1.29, 1.82) is 0 Å². The number of nitrogens with one attached hydrogen (secondary N) is 4. The Morgan fingerprint density at radius 1 is 0.851 bits per heavy atom. The smallest absolute Gasteiger partial charge is 0.407 e. The molecular formula is C47H52F4N8O8. The molecule has 4 amide bonds. The number of amides is 4. The molecule has 0 spiro atoms. The predicted molar refractivity (Wildman–Crippen MR) is 234 cm³/mol. The molecule has 67 heavy (non-hydrogen) atoms. The zero-order valence-electron chi connectivity index (χ0n) is 37.0. The highest BCUT2D eigenvalue weighted by atomic mass is 19.3. The Hall–Kier alpha value is -6.72. The zero-order valence-corrected chi connectivity index (χ0v) is 37.0. The normalized spacial score (nSPS) is 18.5. The fraction of sp³-hybridized carbons (Fsp3) is 0.447. The van der Waals surface area contributed by atoms with Crippen molar-refractivity contribution in [3.05, 3.63) is 96.4 Å². The second-order valence-electron chi connectivity index (χ2n) is 16.7. The first-order valence-corrected chi connectivity index (χ1v) is 21.8. The highest BCUT2D eigenvalue weighted by Gasteiger charge is 2.51. The van der Waals surface area contributed by atoms with Crippen molar-refractivity contribution in [3.63, 3.8) is 0 Å². The number of ether oxygens (including phenoxy) is 4. The molecule has 0 saturated carbocycles. The number of benzene rings is 2. The number of hydrogen-bond donors (Lipinski definition) is 4. The van der Waals surface area contributed by atoms with Crippen molar-refractivity contribution in [1.82, 2.24) is 40.4 Å². The van der Waals surface area contributed by atoms with E-state index in [2.05, 4.69) is 49.0 Å². The summed E-state index contributed by atoms with van der Waals surface area (Å²) in [6.07, 6.45) is 3.03. The lowest BCUT2D eigenvalue weighted by Gasteiger charge is -2.34. The van der Waals surface area contributed by atoms with Crippen molar-refractivity contribution >= 4 is 24.0 Å². The number of methoxy groups -OCH3 is 2. The van der Waals surface area contributed by atoms with Gasteiger partial charge in [-0.05, 0) is 79.0 Å². The second kappa shape index (κ2) is 21.3. The molecule has 4 N–H and O–H groups in total. The van der Waals surface area contributed by atoms with E-state index in [-0.39, 0.29) is 30.0 Å². The van der Waals surface area contributed by atoms with Gasteiger partial charge in [-0.15, -0.1) is 0 Å². The lowest BCUT2D eigenvalue weighted by molar-refractivity contribution is -0.140. The molecule has 7 rings (SSSR count). The number of halogens is 4. The number of aromatic nitrogens is 4. The zero-order chi connectivity index (χ0) is 47.7. The summed E-state index contributed by atoms with van der Waals surface area (Å²) in [5.41, 5.74) is 3.94. The van der Waals surface area contributed by atoms with Gasteiger partial charge in [0.2, 0.25) is 11.8 Å². The van der Waals surface area contributed by atoms with Gasteiger partial charge >= 0.3 is 12.2 Å². The number of imidazole rings is 2. The summed E-state index contributed by atoms with van der Waals surface area (Å²) >= 11 is 0. The maximum Gasteiger partial charge on any atom is 0.407 e. The van der Waals surface area contributed by atoms with Gasteiger partial charge in [0.15, 0.2) is 0 Å². The molecule has 4 aromatic rings. The number of hydrogen-bond acceptors (Lipinski definition) is 10. The fourth-order valence-electron chi connectivity index (χ4n) is 8.47. The summed E-state index contributed by atoms with van der Waals surface area (Å²) in [6.45, 7) is 2.58. The Morgan fingerprint density at radius 3 is 1.90 bits per heavy atom. The molecule has 3 aliphatic heterocycles. The molecular weight excluding hydrogens is 881 g/mol. The van der Waals surface area contributed by atoms with Gasteiger partial charge in [-0.1, -0.05) is 42.7 Å². The Kier molecular flexibility index (Phi) is 15.3. The summed E-state index contributed by atoms with van der Waals surface area (Å²) in [7, 11) is 2.33. The molecule has 16 nitrogen and oxygen atoms in total. The summed E-state index contributed by atoms with van der Waals surface area (Å²) in [5.74, 6) is -1.95. The largest absolute Gasteiger partial charge is 0.453 e. The third-order valence-corrected chi connectivity index (χ3v) is 12.1. The van der Waals surface area contributed by atoms with Crippen LogP contribution in [-0.2, 0) is 35.1 Å². The number of rotatable bonds is 14. The monoisotopic (exact) mass is 932 g/mol. The lowest BCUT2D eigenvalue weighted by atomic mass is 9.90. The van der Waals surface area contributed by atoms with Gasteiger partial charge in [0.25, 0.3) is 11.8 Å². The molecule has 2 unspecified atom stereocenters. The first-order valence-electron chi connectivity index (χ1n) is 21.8. The summed E-state index contributed by atoms with van der Waals surface area (Å²) in [4.78, 5) is 69.3. The van der Waals surface area contributed by atoms with Crippen molar-refractivity contribution in [2.24, 2.45) is 11.8 Å². The van der Waals surface area contributed by atoms with Crippen molar-refractivity contribution in [2.75, 3.05) is 53.7 Å². The van der Waals surface area contributed by atoms with Gasteiger partial charge in [0.1, 0.15) is 23.7 Å². The number of carbonyl (C=O) groups excluding carboxylic acids is 4. The van der Waals surface area contributed by atoms with Crippen LogP contribution in [0.5, 0.6) is 0 Å². The Labute approximate surface area is 384 Å². The number of likely N-dealkylation sites (tertiary alicyclic amines) is 1. The fourth-order valence-corrected chi connectivity index (χ4v) is 8.47. The topological polar surface area (TPSA) is 193 Å². The third kappa shape index (κ3) is 12.2. The molecule has 3 fully saturated rings. The number of H-pyrrole nitrogens is 2. The molecule has 0 bridgehead atoms. The summed E-state index contributed by atoms with van der Waals surface area (Å²) < 4.78 is 79.7. The summed E-state index contributed by atoms with van der Waals surface area (Å²) in [5, 5.41) is 5.10. The first kappa shape index (κ1) is 48.2. The average molecular weight is 933 g/mol. The van der Waals surface area contributed by atoms with Gasteiger partial charge < -0.3 is 49.3 Å². The van der Waals surface area contributed by atoms with E-state index in [1.54, 1.807) is 24.3 Å². The van der Waals surface area contributed by atoms with Gasteiger partial charge in [-0.25, -0.2) is 37.1 Å². The van der Waals surface area contributed by atoms with Crippen molar-refractivity contribution in [3.8, 4) is 34.4 Å². The van der Waals surface area contributed by atoms with Crippen LogP contribution in [-0.4, -0.2) is 131 Å². The van der Waals surface area contributed by atoms with Crippen LogP contribution in [0.4, 0.5) is 27.2 Å². The quantitative estimate of drug-likeness (QED) is 0.0641. The predicted octanol–water partition coefficient (Wildman–Crippen LogP) is 6.23. The molecule has 356 valence electrons. The minimum Gasteiger partial charge on any atom is -0.453 e. The maximum absolute atomic E-state index is 15.0. The van der Waals surface area contributed by atoms with E-state index in [9.17, 15) is 36.7 Å². The number of alkyl carbamates (subject to hydrolysis) is 2. The molecule has 3 aliphatic rings. The van der Waals surface area contributed by atoms with E-state index < -0.39 is 73.5 Å². The van der Waals surface area contributed by atoms with Gasteiger partial charge in [0, 0.05) is 44.0 Å². The summed E-state index contributed by atoms with van der Waals surface area (Å²) in [6, 6.07) is 11.2. The highest BCUT2D eigenvalue weighted by molar-refractivity contribution is 5.87. The van der Waals surface area contributed by atoms with Gasteiger partial charge in [-0.3, -0.25) is 9.59 Å². The number of carbonyl (C=O) groups is 4. The molecule has 2 aromatic carbocycles. The SMILES string of the molecule is C=CC(F)(F)CN(Cc1ncc(-c2ccc(C#Cc3ccc(-c4cnc([C@@H]5CC(F)(F)CN5C(=O)C(NC(=O)OC)C5CCOCC5)[nH]4)cc3)cc2)[nH]1)C(=O)C(NC(=O)OC)C1CCOCC1. The minimum atomic E-state index is -3.42. The Bertz CT molecular complexity index is 2440. The Balaban J connectivity index is 1.00. The van der Waals surface area contributed by atoms with Crippen LogP contribution >= 0.6 is 0 Å². The van der Waals surface area contributed by atoms with E-state index in [1.165, 1.54) is 19.5 Å². The van der Waals surface area contributed by atoms with Gasteiger partial charge in [-0.2, -0.15) is 0 Å². The standard InChI is InChI=1S/C47H52F4N8O8/c1-4-46(48,49)27-58(42(60)39(56-44(62)64-2)33-15-19-66-20-16-33)26-38-52-24-35(54-38)31-11-7-29(8-12-31)5-6-30-9-13-32(14-10-30)36-25-53-41(55-36)37-23-47(50,51)28-59(37)43(61)40(57-45(63)65-3)34-17-21-67-22-18-34/h4,7-14,24-25,33-34,37,39-40H,1,15-23,26-28H2,2-3H3,(H,52,54)(H,53,55)(H,56,62)(H,57,63)/t37-,39?,40?/m0/s1. The van der Waals surface area contributed by atoms with Crippen LogP contribution in [0.25, 0.3) is 22.5 Å². The van der Waals surface area contributed by atoms with E-state index in [0.717, 1.165) is 22.5 Å². The van der Waals surface area contributed by atoms with E-state index in [1.807, 2.05) is 24.3 Å². The number of alkyl halides is 4. The molecule has 20 heteroatoms. The molecule has 3 saturated heterocycles. The van der Waals surface area contributed by atoms with Crippen LogP contribution in [0.3, 0.4) is 0 Å². The van der Waals surface area contributed by atoms with Crippen molar-refractivity contribution in [2.45, 2.75) is 68.6 Å². The minimum absolute atomic E-state index is 0.192. The van der Waals surface area contributed by atoms with E-state index >= 15 is 0 Å². The first-order chi connectivity index (χ1) is 32.2. The van der Waals surface area contributed by atoms with Gasteiger partial charge in [0.05, 0.1) is 63.7 Å². The van der Waals surface area contributed by atoms with Crippen LogP contribution < -0.4 is 10.6 Å².